The van der Waals surface area contributed by atoms with Crippen LogP contribution in [0.15, 0.2) is 52.1 Å². The van der Waals surface area contributed by atoms with E-state index in [4.69, 9.17) is 4.74 Å². The molecule has 2 aromatic carbocycles. The fourth-order valence-electron chi connectivity index (χ4n) is 3.03. The predicted octanol–water partition coefficient (Wildman–Crippen LogP) is 3.89. The summed E-state index contributed by atoms with van der Waals surface area (Å²) >= 11 is 4.82. The first-order chi connectivity index (χ1) is 14.0. The van der Waals surface area contributed by atoms with Crippen LogP contribution in [0.4, 0.5) is 10.1 Å². The first kappa shape index (κ1) is 19.7. The van der Waals surface area contributed by atoms with Crippen molar-refractivity contribution >= 4 is 39.3 Å². The Balaban J connectivity index is 1.67. The van der Waals surface area contributed by atoms with Gasteiger partial charge in [0.1, 0.15) is 22.6 Å². The highest BCUT2D eigenvalue weighted by Crippen LogP contribution is 2.39. The second kappa shape index (κ2) is 8.03. The fourth-order valence-corrected chi connectivity index (χ4v) is 4.72. The average Bonchev–Trinajstić information content (AvgIpc) is 3.08. The third-order valence-corrected chi connectivity index (χ3v) is 6.34. The van der Waals surface area contributed by atoms with Gasteiger partial charge in [-0.2, -0.15) is 0 Å². The summed E-state index contributed by atoms with van der Waals surface area (Å²) in [6.45, 7) is 1.84. The van der Waals surface area contributed by atoms with Crippen LogP contribution >= 0.6 is 27.7 Å². The molecule has 2 atom stereocenters. The van der Waals surface area contributed by atoms with E-state index in [2.05, 4.69) is 36.9 Å². The Morgan fingerprint density at radius 1 is 1.28 bits per heavy atom. The van der Waals surface area contributed by atoms with E-state index in [0.29, 0.717) is 22.4 Å². The van der Waals surface area contributed by atoms with Crippen molar-refractivity contribution in [1.29, 1.82) is 0 Å². The summed E-state index contributed by atoms with van der Waals surface area (Å²) in [5.41, 5.74) is 4.76. The molecule has 0 aliphatic carbocycles. The SMILES string of the molecule is COc1ccc([C@@H]2Nn3c(C)nnc3S[C@H]2C(=O)Nc2ccc(F)cc2)cc1Br. The number of aromatic nitrogens is 3. The van der Waals surface area contributed by atoms with Gasteiger partial charge in [0.2, 0.25) is 11.1 Å². The van der Waals surface area contributed by atoms with Crippen LogP contribution in [0.1, 0.15) is 17.4 Å². The normalized spacial score (nSPS) is 17.9. The number of methoxy groups -OCH3 is 1. The molecule has 0 saturated heterocycles. The van der Waals surface area contributed by atoms with Crippen molar-refractivity contribution in [2.45, 2.75) is 23.4 Å². The van der Waals surface area contributed by atoms with Crippen LogP contribution < -0.4 is 15.5 Å². The zero-order valence-corrected chi connectivity index (χ0v) is 17.9. The van der Waals surface area contributed by atoms with Crippen LogP contribution in [-0.4, -0.2) is 33.1 Å². The number of nitrogens with zero attached hydrogens (tertiary/aromatic N) is 3. The van der Waals surface area contributed by atoms with E-state index in [9.17, 15) is 9.18 Å². The number of carbonyl (C=O) groups excluding carboxylic acids is 1. The summed E-state index contributed by atoms with van der Waals surface area (Å²) < 4.78 is 21.0. The highest BCUT2D eigenvalue weighted by molar-refractivity contribution is 9.10. The molecule has 150 valence electrons. The fraction of sp³-hybridized carbons (Fsp3) is 0.211. The number of hydrogen-bond donors (Lipinski definition) is 2. The number of ether oxygens (including phenoxy) is 1. The maximum Gasteiger partial charge on any atom is 0.240 e. The lowest BCUT2D eigenvalue weighted by molar-refractivity contribution is -0.116. The maximum atomic E-state index is 13.2. The second-order valence-electron chi connectivity index (χ2n) is 6.40. The highest BCUT2D eigenvalue weighted by Gasteiger charge is 2.37. The van der Waals surface area contributed by atoms with E-state index >= 15 is 0 Å². The second-order valence-corrected chi connectivity index (χ2v) is 8.36. The molecule has 7 nitrogen and oxygen atoms in total. The van der Waals surface area contributed by atoms with Crippen molar-refractivity contribution in [1.82, 2.24) is 14.9 Å². The molecule has 1 aliphatic rings. The molecule has 10 heteroatoms. The monoisotopic (exact) mass is 477 g/mol. The van der Waals surface area contributed by atoms with Gasteiger partial charge in [0.05, 0.1) is 17.6 Å². The number of halogens is 2. The van der Waals surface area contributed by atoms with Gasteiger partial charge in [-0.25, -0.2) is 9.07 Å². The van der Waals surface area contributed by atoms with Crippen LogP contribution in [0, 0.1) is 12.7 Å². The Kier molecular flexibility index (Phi) is 5.46. The van der Waals surface area contributed by atoms with Crippen LogP contribution in [0.2, 0.25) is 0 Å². The van der Waals surface area contributed by atoms with Gasteiger partial charge in [0.15, 0.2) is 0 Å². The first-order valence-electron chi connectivity index (χ1n) is 8.71. The van der Waals surface area contributed by atoms with Crippen molar-refractivity contribution in [3.8, 4) is 5.75 Å². The molecule has 0 unspecified atom stereocenters. The Bertz CT molecular complexity index is 1060. The van der Waals surface area contributed by atoms with Gasteiger partial charge in [-0.3, -0.25) is 4.79 Å². The van der Waals surface area contributed by atoms with E-state index < -0.39 is 5.25 Å². The number of anilines is 1. The lowest BCUT2D eigenvalue weighted by Crippen LogP contribution is -2.41. The summed E-state index contributed by atoms with van der Waals surface area (Å²) in [5.74, 6) is 0.812. The minimum atomic E-state index is -0.531. The summed E-state index contributed by atoms with van der Waals surface area (Å²) in [6, 6.07) is 11.0. The topological polar surface area (TPSA) is 81.1 Å². The van der Waals surface area contributed by atoms with Crippen molar-refractivity contribution in [2.75, 3.05) is 17.9 Å². The number of aryl methyl sites for hydroxylation is 1. The summed E-state index contributed by atoms with van der Waals surface area (Å²) in [5, 5.41) is 11.1. The quantitative estimate of drug-likeness (QED) is 0.593. The Hall–Kier alpha value is -2.59. The van der Waals surface area contributed by atoms with E-state index in [1.807, 2.05) is 25.1 Å². The number of benzene rings is 2. The highest BCUT2D eigenvalue weighted by atomic mass is 79.9. The van der Waals surface area contributed by atoms with Crippen molar-refractivity contribution in [3.63, 3.8) is 0 Å². The van der Waals surface area contributed by atoms with E-state index in [1.54, 1.807) is 11.8 Å². The number of nitrogens with one attached hydrogen (secondary N) is 2. The predicted molar refractivity (Wildman–Crippen MR) is 112 cm³/mol. The number of thioether (sulfide) groups is 1. The van der Waals surface area contributed by atoms with Crippen molar-refractivity contribution in [2.24, 2.45) is 0 Å². The van der Waals surface area contributed by atoms with Crippen LogP contribution in [0.3, 0.4) is 0 Å². The molecule has 0 spiro atoms. The number of rotatable bonds is 4. The van der Waals surface area contributed by atoms with Crippen LogP contribution in [0.5, 0.6) is 5.75 Å². The maximum absolute atomic E-state index is 13.2. The van der Waals surface area contributed by atoms with Crippen molar-refractivity contribution < 1.29 is 13.9 Å². The zero-order chi connectivity index (χ0) is 20.5. The van der Waals surface area contributed by atoms with Gasteiger partial charge in [-0.1, -0.05) is 17.8 Å². The molecule has 1 amide bonds. The van der Waals surface area contributed by atoms with Gasteiger partial charge in [-0.05, 0) is 64.8 Å². The summed E-state index contributed by atoms with van der Waals surface area (Å²) in [4.78, 5) is 13.1. The van der Waals surface area contributed by atoms with Gasteiger partial charge in [0.25, 0.3) is 0 Å². The molecule has 4 rings (SSSR count). The Morgan fingerprint density at radius 3 is 2.72 bits per heavy atom. The first-order valence-corrected chi connectivity index (χ1v) is 10.4. The summed E-state index contributed by atoms with van der Waals surface area (Å²) in [7, 11) is 1.60. The lowest BCUT2D eigenvalue weighted by Gasteiger charge is -2.33. The Morgan fingerprint density at radius 2 is 2.03 bits per heavy atom. The standard InChI is InChI=1S/C19H17BrFN5O2S/c1-10-23-24-19-26(10)25-16(11-3-8-15(28-2)14(20)9-11)17(29-19)18(27)22-13-6-4-12(21)5-7-13/h3-9,16-17,25H,1-2H3,(H,22,27)/t16-,17+/m0/s1. The molecule has 0 saturated carbocycles. The largest absolute Gasteiger partial charge is 0.496 e. The minimum Gasteiger partial charge on any atom is -0.496 e. The molecule has 0 bridgehead atoms. The number of amides is 1. The van der Waals surface area contributed by atoms with Gasteiger partial charge < -0.3 is 15.5 Å². The molecule has 1 aliphatic heterocycles. The molecule has 1 aromatic heterocycles. The molecule has 2 heterocycles. The molecular weight excluding hydrogens is 461 g/mol. The third-order valence-electron chi connectivity index (χ3n) is 4.50. The van der Waals surface area contributed by atoms with E-state index in [1.165, 1.54) is 36.0 Å². The van der Waals surface area contributed by atoms with Crippen molar-refractivity contribution in [3.05, 3.63) is 64.1 Å². The van der Waals surface area contributed by atoms with Crippen LogP contribution in [0.25, 0.3) is 0 Å². The van der Waals surface area contributed by atoms with Gasteiger partial charge >= 0.3 is 0 Å². The average molecular weight is 478 g/mol. The Labute approximate surface area is 179 Å². The van der Waals surface area contributed by atoms with Crippen LogP contribution in [-0.2, 0) is 4.79 Å². The minimum absolute atomic E-state index is 0.224. The number of hydrogen-bond acceptors (Lipinski definition) is 6. The molecule has 0 fully saturated rings. The number of carbonyl (C=O) groups is 1. The van der Waals surface area contributed by atoms with Gasteiger partial charge in [-0.15, -0.1) is 10.2 Å². The summed E-state index contributed by atoms with van der Waals surface area (Å²) in [6.07, 6.45) is 0. The van der Waals surface area contributed by atoms with E-state index in [0.717, 1.165) is 10.0 Å². The molecule has 2 N–H and O–H groups in total. The molecule has 29 heavy (non-hydrogen) atoms. The lowest BCUT2D eigenvalue weighted by atomic mass is 10.0. The molecule has 3 aromatic rings. The molecular formula is C19H17BrFN5O2S. The van der Waals surface area contributed by atoms with Gasteiger partial charge in [0, 0.05) is 5.69 Å². The molecule has 0 radical (unpaired) electrons. The third kappa shape index (κ3) is 3.95. The zero-order valence-electron chi connectivity index (χ0n) is 15.5. The van der Waals surface area contributed by atoms with E-state index in [-0.39, 0.29) is 17.8 Å². The smallest absolute Gasteiger partial charge is 0.240 e. The number of fused-ring (bicyclic) bond motifs is 1.